The molecule has 0 radical (unpaired) electrons. The lowest BCUT2D eigenvalue weighted by Gasteiger charge is -2.13. The highest BCUT2D eigenvalue weighted by atomic mass is 16.5. The molecule has 2 aromatic carbocycles. The van der Waals surface area contributed by atoms with Crippen molar-refractivity contribution in [2.75, 3.05) is 5.32 Å². The molecule has 3 nitrogen and oxygen atoms in total. The monoisotopic (exact) mass is 271 g/mol. The van der Waals surface area contributed by atoms with E-state index in [0.29, 0.717) is 6.54 Å². The van der Waals surface area contributed by atoms with Crippen LogP contribution in [0.2, 0.25) is 0 Å². The minimum Gasteiger partial charge on any atom is -0.491 e. The van der Waals surface area contributed by atoms with Gasteiger partial charge in [0.25, 0.3) is 0 Å². The Balaban J connectivity index is 2.03. The van der Waals surface area contributed by atoms with Crippen LogP contribution in [0.4, 0.5) is 5.69 Å². The molecule has 2 aromatic rings. The Morgan fingerprint density at radius 2 is 1.90 bits per heavy atom. The van der Waals surface area contributed by atoms with E-state index in [2.05, 4.69) is 11.4 Å². The fourth-order valence-corrected chi connectivity index (χ4v) is 2.03. The summed E-state index contributed by atoms with van der Waals surface area (Å²) in [6, 6.07) is 15.8. The van der Waals surface area contributed by atoms with Crippen LogP contribution in [0.15, 0.2) is 48.5 Å². The van der Waals surface area contributed by atoms with Gasteiger partial charge in [-0.05, 0) is 37.6 Å². The zero-order chi connectivity index (χ0) is 14.4. The molecule has 106 valence electrons. The van der Waals surface area contributed by atoms with Crippen molar-refractivity contribution in [3.8, 4) is 5.75 Å². The average molecular weight is 271 g/mol. The molecule has 2 rings (SSSR count). The van der Waals surface area contributed by atoms with Crippen LogP contribution in [0.1, 0.15) is 25.0 Å². The van der Waals surface area contributed by atoms with Crippen LogP contribution in [-0.4, -0.2) is 11.2 Å². The summed E-state index contributed by atoms with van der Waals surface area (Å²) in [4.78, 5) is 0. The van der Waals surface area contributed by atoms with Crippen LogP contribution < -0.4 is 10.1 Å². The maximum atomic E-state index is 9.30. The molecule has 0 heterocycles. The van der Waals surface area contributed by atoms with E-state index < -0.39 is 0 Å². The first-order chi connectivity index (χ1) is 9.69. The van der Waals surface area contributed by atoms with Crippen molar-refractivity contribution in [1.82, 2.24) is 0 Å². The Morgan fingerprint density at radius 3 is 2.65 bits per heavy atom. The number of rotatable bonds is 6. The van der Waals surface area contributed by atoms with E-state index >= 15 is 0 Å². The van der Waals surface area contributed by atoms with Gasteiger partial charge in [-0.1, -0.05) is 30.3 Å². The molecule has 0 amide bonds. The van der Waals surface area contributed by atoms with E-state index in [4.69, 9.17) is 4.74 Å². The molecular weight excluding hydrogens is 250 g/mol. The number of aliphatic hydroxyl groups is 1. The molecule has 0 aliphatic heterocycles. The summed E-state index contributed by atoms with van der Waals surface area (Å²) < 4.78 is 5.68. The standard InChI is InChI=1S/C17H21NO2/c1-13(2)20-16-8-5-6-14(10-16)11-18-17-9-4-3-7-15(17)12-19/h3-10,13,18-19H,11-12H2,1-2H3. The molecule has 0 aromatic heterocycles. The van der Waals surface area contributed by atoms with Crippen molar-refractivity contribution in [3.63, 3.8) is 0 Å². The number of aliphatic hydroxyl groups excluding tert-OH is 1. The molecule has 0 spiro atoms. The smallest absolute Gasteiger partial charge is 0.120 e. The second-order valence-corrected chi connectivity index (χ2v) is 4.98. The largest absolute Gasteiger partial charge is 0.491 e. The topological polar surface area (TPSA) is 41.5 Å². The lowest BCUT2D eigenvalue weighted by atomic mass is 10.1. The lowest BCUT2D eigenvalue weighted by molar-refractivity contribution is 0.242. The van der Waals surface area contributed by atoms with Crippen molar-refractivity contribution in [2.45, 2.75) is 33.1 Å². The quantitative estimate of drug-likeness (QED) is 0.843. The number of nitrogens with one attached hydrogen (secondary N) is 1. The fourth-order valence-electron chi connectivity index (χ4n) is 2.03. The van der Waals surface area contributed by atoms with Crippen molar-refractivity contribution >= 4 is 5.69 Å². The second kappa shape index (κ2) is 6.96. The number of hydrogen-bond acceptors (Lipinski definition) is 3. The third-order valence-corrected chi connectivity index (χ3v) is 2.94. The van der Waals surface area contributed by atoms with Gasteiger partial charge in [-0.2, -0.15) is 0 Å². The summed E-state index contributed by atoms with van der Waals surface area (Å²) in [5.41, 5.74) is 3.02. The van der Waals surface area contributed by atoms with Gasteiger partial charge in [0, 0.05) is 17.8 Å². The Bertz CT molecular complexity index is 552. The molecule has 0 unspecified atom stereocenters. The van der Waals surface area contributed by atoms with Gasteiger partial charge in [-0.3, -0.25) is 0 Å². The number of hydrogen-bond donors (Lipinski definition) is 2. The molecule has 20 heavy (non-hydrogen) atoms. The van der Waals surface area contributed by atoms with Gasteiger partial charge in [0.1, 0.15) is 5.75 Å². The van der Waals surface area contributed by atoms with Gasteiger partial charge in [0.2, 0.25) is 0 Å². The lowest BCUT2D eigenvalue weighted by Crippen LogP contribution is -2.06. The number of anilines is 1. The Kier molecular flexibility index (Phi) is 5.02. The predicted octanol–water partition coefficient (Wildman–Crippen LogP) is 3.58. The third-order valence-electron chi connectivity index (χ3n) is 2.94. The molecule has 0 fully saturated rings. The molecule has 0 atom stereocenters. The minimum atomic E-state index is 0.0413. The molecule has 0 bridgehead atoms. The molecule has 3 heteroatoms. The highest BCUT2D eigenvalue weighted by Crippen LogP contribution is 2.18. The Morgan fingerprint density at radius 1 is 1.10 bits per heavy atom. The highest BCUT2D eigenvalue weighted by molar-refractivity contribution is 5.51. The summed E-state index contributed by atoms with van der Waals surface area (Å²) in [5.74, 6) is 0.884. The molecule has 0 aliphatic rings. The zero-order valence-electron chi connectivity index (χ0n) is 12.0. The van der Waals surface area contributed by atoms with Gasteiger partial charge in [-0.25, -0.2) is 0 Å². The van der Waals surface area contributed by atoms with E-state index in [1.54, 1.807) is 0 Å². The van der Waals surface area contributed by atoms with Gasteiger partial charge in [0.05, 0.1) is 12.7 Å². The number of benzene rings is 2. The Hall–Kier alpha value is -2.00. The summed E-state index contributed by atoms with van der Waals surface area (Å²) in [6.45, 7) is 4.77. The summed E-state index contributed by atoms with van der Waals surface area (Å²) >= 11 is 0. The van der Waals surface area contributed by atoms with Crippen molar-refractivity contribution in [3.05, 3.63) is 59.7 Å². The fraction of sp³-hybridized carbons (Fsp3) is 0.294. The van der Waals surface area contributed by atoms with E-state index in [9.17, 15) is 5.11 Å². The van der Waals surface area contributed by atoms with E-state index in [0.717, 1.165) is 22.6 Å². The van der Waals surface area contributed by atoms with E-state index in [-0.39, 0.29) is 12.7 Å². The summed E-state index contributed by atoms with van der Waals surface area (Å²) in [7, 11) is 0. The van der Waals surface area contributed by atoms with Crippen LogP contribution >= 0.6 is 0 Å². The normalized spacial score (nSPS) is 10.6. The van der Waals surface area contributed by atoms with Crippen LogP contribution in [0.3, 0.4) is 0 Å². The maximum Gasteiger partial charge on any atom is 0.120 e. The highest BCUT2D eigenvalue weighted by Gasteiger charge is 2.02. The zero-order valence-corrected chi connectivity index (χ0v) is 12.0. The molecule has 0 saturated carbocycles. The molecule has 0 aliphatic carbocycles. The van der Waals surface area contributed by atoms with Gasteiger partial charge in [0.15, 0.2) is 0 Å². The predicted molar refractivity (Wildman–Crippen MR) is 81.9 cm³/mol. The van der Waals surface area contributed by atoms with Crippen LogP contribution in [0.5, 0.6) is 5.75 Å². The van der Waals surface area contributed by atoms with E-state index in [1.807, 2.05) is 56.3 Å². The van der Waals surface area contributed by atoms with Crippen LogP contribution in [-0.2, 0) is 13.2 Å². The summed E-state index contributed by atoms with van der Waals surface area (Å²) in [6.07, 6.45) is 0.174. The van der Waals surface area contributed by atoms with Gasteiger partial charge in [-0.15, -0.1) is 0 Å². The van der Waals surface area contributed by atoms with E-state index in [1.165, 1.54) is 0 Å². The van der Waals surface area contributed by atoms with Crippen molar-refractivity contribution in [1.29, 1.82) is 0 Å². The first-order valence-corrected chi connectivity index (χ1v) is 6.87. The Labute approximate surface area is 120 Å². The minimum absolute atomic E-state index is 0.0413. The second-order valence-electron chi connectivity index (χ2n) is 4.98. The third kappa shape index (κ3) is 4.00. The SMILES string of the molecule is CC(C)Oc1cccc(CNc2ccccc2CO)c1. The molecular formula is C17H21NO2. The van der Waals surface area contributed by atoms with Crippen molar-refractivity contribution < 1.29 is 9.84 Å². The first kappa shape index (κ1) is 14.4. The number of ether oxygens (including phenoxy) is 1. The first-order valence-electron chi connectivity index (χ1n) is 6.87. The van der Waals surface area contributed by atoms with Gasteiger partial charge >= 0.3 is 0 Å². The van der Waals surface area contributed by atoms with Gasteiger partial charge < -0.3 is 15.2 Å². The average Bonchev–Trinajstić information content (AvgIpc) is 2.45. The molecule has 0 saturated heterocycles. The number of para-hydroxylation sites is 1. The van der Waals surface area contributed by atoms with Crippen LogP contribution in [0.25, 0.3) is 0 Å². The molecule has 2 N–H and O–H groups in total. The maximum absolute atomic E-state index is 9.30. The summed E-state index contributed by atoms with van der Waals surface area (Å²) in [5, 5.41) is 12.6. The van der Waals surface area contributed by atoms with Crippen molar-refractivity contribution in [2.24, 2.45) is 0 Å². The van der Waals surface area contributed by atoms with Crippen LogP contribution in [0, 0.1) is 0 Å².